The molecule has 0 spiro atoms. The first-order valence-corrected chi connectivity index (χ1v) is 6.76. The Kier molecular flexibility index (Phi) is 4.69. The van der Waals surface area contributed by atoms with Crippen molar-refractivity contribution in [3.8, 4) is 0 Å². The first-order chi connectivity index (χ1) is 8.99. The molecular weight excluding hydrogens is 308 g/mol. The Bertz CT molecular complexity index is 581. The van der Waals surface area contributed by atoms with E-state index in [-0.39, 0.29) is 5.82 Å². The van der Waals surface area contributed by atoms with Gasteiger partial charge in [-0.3, -0.25) is 0 Å². The van der Waals surface area contributed by atoms with Crippen molar-refractivity contribution in [3.05, 3.63) is 68.4 Å². The van der Waals surface area contributed by atoms with Gasteiger partial charge in [-0.25, -0.2) is 4.39 Å². The van der Waals surface area contributed by atoms with Crippen LogP contribution in [0.4, 0.5) is 4.39 Å². The fourth-order valence-corrected chi connectivity index (χ4v) is 2.78. The molecule has 0 saturated carbocycles. The van der Waals surface area contributed by atoms with Crippen molar-refractivity contribution in [1.29, 1.82) is 0 Å². The lowest BCUT2D eigenvalue weighted by Crippen LogP contribution is -2.15. The molecular formula is C14H11Cl3FN. The highest BCUT2D eigenvalue weighted by atomic mass is 35.5. The van der Waals surface area contributed by atoms with Crippen LogP contribution in [0.5, 0.6) is 0 Å². The maximum Gasteiger partial charge on any atom is 0.123 e. The molecule has 0 heterocycles. The van der Waals surface area contributed by atoms with Gasteiger partial charge in [0.1, 0.15) is 5.82 Å². The van der Waals surface area contributed by atoms with Crippen molar-refractivity contribution in [2.24, 2.45) is 5.73 Å². The second-order valence-corrected chi connectivity index (χ2v) is 5.40. The topological polar surface area (TPSA) is 26.0 Å². The SMILES string of the molecule is NC(Cc1cc(F)ccc1Cl)c1c(Cl)cccc1Cl. The monoisotopic (exact) mass is 317 g/mol. The van der Waals surface area contributed by atoms with Crippen LogP contribution < -0.4 is 5.73 Å². The number of benzene rings is 2. The Morgan fingerprint density at radius 1 is 1.00 bits per heavy atom. The summed E-state index contributed by atoms with van der Waals surface area (Å²) in [6.07, 6.45) is 0.361. The zero-order valence-electron chi connectivity index (χ0n) is 9.84. The molecule has 0 aliphatic heterocycles. The number of hydrogen-bond donors (Lipinski definition) is 1. The van der Waals surface area contributed by atoms with Crippen molar-refractivity contribution in [2.45, 2.75) is 12.5 Å². The predicted octanol–water partition coefficient (Wildman–Crippen LogP) is 5.03. The number of hydrogen-bond acceptors (Lipinski definition) is 1. The molecule has 1 atom stereocenters. The van der Waals surface area contributed by atoms with E-state index in [9.17, 15) is 4.39 Å². The minimum Gasteiger partial charge on any atom is -0.324 e. The summed E-state index contributed by atoms with van der Waals surface area (Å²) in [4.78, 5) is 0. The molecule has 0 aliphatic carbocycles. The van der Waals surface area contributed by atoms with Crippen molar-refractivity contribution in [1.82, 2.24) is 0 Å². The molecule has 5 heteroatoms. The Labute approximate surface area is 126 Å². The van der Waals surface area contributed by atoms with Crippen LogP contribution in [0.25, 0.3) is 0 Å². The molecule has 0 bridgehead atoms. The smallest absolute Gasteiger partial charge is 0.123 e. The van der Waals surface area contributed by atoms with E-state index in [4.69, 9.17) is 40.5 Å². The van der Waals surface area contributed by atoms with Crippen molar-refractivity contribution >= 4 is 34.8 Å². The second-order valence-electron chi connectivity index (χ2n) is 4.18. The standard InChI is InChI=1S/C14H11Cl3FN/c15-10-5-4-9(18)6-8(10)7-13(19)14-11(16)2-1-3-12(14)17/h1-6,13H,7,19H2. The van der Waals surface area contributed by atoms with E-state index in [2.05, 4.69) is 0 Å². The van der Waals surface area contributed by atoms with Gasteiger partial charge in [0, 0.05) is 26.7 Å². The van der Waals surface area contributed by atoms with Gasteiger partial charge in [0.05, 0.1) is 0 Å². The lowest BCUT2D eigenvalue weighted by Gasteiger charge is -2.16. The van der Waals surface area contributed by atoms with E-state index in [1.54, 1.807) is 18.2 Å². The highest BCUT2D eigenvalue weighted by Crippen LogP contribution is 2.32. The highest BCUT2D eigenvalue weighted by molar-refractivity contribution is 6.36. The quantitative estimate of drug-likeness (QED) is 0.844. The molecule has 1 nitrogen and oxygen atoms in total. The summed E-state index contributed by atoms with van der Waals surface area (Å²) in [7, 11) is 0. The Hall–Kier alpha value is -0.800. The molecule has 0 aromatic heterocycles. The molecule has 2 aromatic rings. The van der Waals surface area contributed by atoms with E-state index >= 15 is 0 Å². The van der Waals surface area contributed by atoms with E-state index in [1.165, 1.54) is 18.2 Å². The number of halogens is 4. The molecule has 2 rings (SSSR count). The zero-order chi connectivity index (χ0) is 14.0. The van der Waals surface area contributed by atoms with Crippen LogP contribution in [0.3, 0.4) is 0 Å². The molecule has 1 unspecified atom stereocenters. The molecule has 0 amide bonds. The van der Waals surface area contributed by atoms with Gasteiger partial charge in [-0.05, 0) is 42.3 Å². The minimum absolute atomic E-state index is 0.350. The molecule has 100 valence electrons. The molecule has 19 heavy (non-hydrogen) atoms. The summed E-state index contributed by atoms with van der Waals surface area (Å²) >= 11 is 18.2. The molecule has 0 saturated heterocycles. The summed E-state index contributed by atoms with van der Waals surface area (Å²) in [6, 6.07) is 8.92. The van der Waals surface area contributed by atoms with Gasteiger partial charge in [0.25, 0.3) is 0 Å². The highest BCUT2D eigenvalue weighted by Gasteiger charge is 2.16. The van der Waals surface area contributed by atoms with Gasteiger partial charge in [-0.1, -0.05) is 40.9 Å². The van der Waals surface area contributed by atoms with E-state index in [1.807, 2.05) is 0 Å². The lowest BCUT2D eigenvalue weighted by molar-refractivity contribution is 0.622. The molecule has 0 aliphatic rings. The zero-order valence-corrected chi connectivity index (χ0v) is 12.1. The first-order valence-electron chi connectivity index (χ1n) is 5.62. The summed E-state index contributed by atoms with van der Waals surface area (Å²) in [5.74, 6) is -0.350. The third kappa shape index (κ3) is 3.40. The van der Waals surface area contributed by atoms with E-state index < -0.39 is 6.04 Å². The van der Waals surface area contributed by atoms with Crippen molar-refractivity contribution < 1.29 is 4.39 Å². The van der Waals surface area contributed by atoms with Gasteiger partial charge in [0.15, 0.2) is 0 Å². The maximum absolute atomic E-state index is 13.2. The van der Waals surface area contributed by atoms with Crippen LogP contribution in [-0.4, -0.2) is 0 Å². The van der Waals surface area contributed by atoms with Crippen LogP contribution in [0, 0.1) is 5.82 Å². The van der Waals surface area contributed by atoms with Crippen molar-refractivity contribution in [3.63, 3.8) is 0 Å². The second kappa shape index (κ2) is 6.10. The van der Waals surface area contributed by atoms with Crippen LogP contribution in [0.2, 0.25) is 15.1 Å². The summed E-state index contributed by atoms with van der Waals surface area (Å²) in [5, 5.41) is 1.46. The fourth-order valence-electron chi connectivity index (χ4n) is 1.90. The van der Waals surface area contributed by atoms with Crippen LogP contribution >= 0.6 is 34.8 Å². The van der Waals surface area contributed by atoms with E-state index in [0.29, 0.717) is 32.6 Å². The first kappa shape index (κ1) is 14.6. The van der Waals surface area contributed by atoms with Gasteiger partial charge >= 0.3 is 0 Å². The Morgan fingerprint density at radius 3 is 2.26 bits per heavy atom. The van der Waals surface area contributed by atoms with E-state index in [0.717, 1.165) is 0 Å². The maximum atomic E-state index is 13.2. The third-order valence-corrected chi connectivity index (χ3v) is 3.85. The molecule has 2 aromatic carbocycles. The van der Waals surface area contributed by atoms with Crippen LogP contribution in [0.15, 0.2) is 36.4 Å². The Balaban J connectivity index is 2.31. The molecule has 0 radical (unpaired) electrons. The average molecular weight is 319 g/mol. The largest absolute Gasteiger partial charge is 0.324 e. The molecule has 0 fully saturated rings. The predicted molar refractivity (Wildman–Crippen MR) is 78.5 cm³/mol. The van der Waals surface area contributed by atoms with Crippen LogP contribution in [-0.2, 0) is 6.42 Å². The summed E-state index contributed by atoms with van der Waals surface area (Å²) < 4.78 is 13.2. The van der Waals surface area contributed by atoms with Gasteiger partial charge in [0.2, 0.25) is 0 Å². The van der Waals surface area contributed by atoms with Gasteiger partial charge < -0.3 is 5.73 Å². The third-order valence-electron chi connectivity index (χ3n) is 2.82. The van der Waals surface area contributed by atoms with Crippen LogP contribution in [0.1, 0.15) is 17.2 Å². The number of rotatable bonds is 3. The Morgan fingerprint density at radius 2 is 1.63 bits per heavy atom. The van der Waals surface area contributed by atoms with Gasteiger partial charge in [-0.15, -0.1) is 0 Å². The average Bonchev–Trinajstić information content (AvgIpc) is 2.33. The normalized spacial score (nSPS) is 12.5. The van der Waals surface area contributed by atoms with Crippen molar-refractivity contribution in [2.75, 3.05) is 0 Å². The summed E-state index contributed by atoms with van der Waals surface area (Å²) in [5.41, 5.74) is 7.37. The molecule has 2 N–H and O–H groups in total. The summed E-state index contributed by atoms with van der Waals surface area (Å²) in [6.45, 7) is 0. The minimum atomic E-state index is -0.444. The fraction of sp³-hybridized carbons (Fsp3) is 0.143. The van der Waals surface area contributed by atoms with Gasteiger partial charge in [-0.2, -0.15) is 0 Å². The number of nitrogens with two attached hydrogens (primary N) is 1. The lowest BCUT2D eigenvalue weighted by atomic mass is 9.99.